The molecule has 1 aliphatic rings. The van der Waals surface area contributed by atoms with Gasteiger partial charge in [-0.25, -0.2) is 4.58 Å². The molecule has 1 nitrogen and oxygen atoms in total. The molecule has 1 heteroatoms. The van der Waals surface area contributed by atoms with Crippen LogP contribution in [0.4, 0.5) is 0 Å². The topological polar surface area (TPSA) is 3.01 Å². The summed E-state index contributed by atoms with van der Waals surface area (Å²) in [6.07, 6.45) is 12.1. The third kappa shape index (κ3) is 2.98. The SMILES string of the molecule is C/C=C\C(=C/C)c1cccc(C2C=C(CC)C=[N+]2C)c1. The number of hydrogen-bond donors (Lipinski definition) is 0. The Balaban J connectivity index is 2.36. The molecule has 0 amide bonds. The van der Waals surface area contributed by atoms with Gasteiger partial charge in [-0.2, -0.15) is 0 Å². The highest BCUT2D eigenvalue weighted by Crippen LogP contribution is 2.27. The van der Waals surface area contributed by atoms with Crippen LogP contribution in [0.5, 0.6) is 0 Å². The Morgan fingerprint density at radius 2 is 2.10 bits per heavy atom. The molecule has 1 aromatic rings. The summed E-state index contributed by atoms with van der Waals surface area (Å²) in [5.74, 6) is 0. The first kappa shape index (κ1) is 14.5. The molecule has 0 saturated carbocycles. The number of benzene rings is 1. The summed E-state index contributed by atoms with van der Waals surface area (Å²) in [5, 5.41) is 0. The van der Waals surface area contributed by atoms with Crippen LogP contribution in [0.1, 0.15) is 44.4 Å². The third-order valence-electron chi connectivity index (χ3n) is 3.81. The summed E-state index contributed by atoms with van der Waals surface area (Å²) in [6, 6.07) is 9.23. The minimum atomic E-state index is 0.369. The lowest BCUT2D eigenvalue weighted by molar-refractivity contribution is -0.523. The molecule has 0 aromatic heterocycles. The maximum atomic E-state index is 2.37. The fraction of sp³-hybridized carbons (Fsp3) is 0.316. The van der Waals surface area contributed by atoms with Gasteiger partial charge >= 0.3 is 0 Å². The van der Waals surface area contributed by atoms with Crippen LogP contribution in [0.3, 0.4) is 0 Å². The Labute approximate surface area is 122 Å². The average molecular weight is 266 g/mol. The lowest BCUT2D eigenvalue weighted by Crippen LogP contribution is -2.09. The molecule has 1 atom stereocenters. The van der Waals surface area contributed by atoms with E-state index in [-0.39, 0.29) is 0 Å². The highest BCUT2D eigenvalue weighted by Gasteiger charge is 2.23. The zero-order chi connectivity index (χ0) is 14.5. The van der Waals surface area contributed by atoms with Crippen molar-refractivity contribution in [2.24, 2.45) is 0 Å². The molecule has 0 aliphatic carbocycles. The van der Waals surface area contributed by atoms with Gasteiger partial charge in [0.1, 0.15) is 7.05 Å². The summed E-state index contributed by atoms with van der Waals surface area (Å²) >= 11 is 0. The van der Waals surface area contributed by atoms with E-state index in [9.17, 15) is 0 Å². The van der Waals surface area contributed by atoms with Crippen molar-refractivity contribution in [3.63, 3.8) is 0 Å². The van der Waals surface area contributed by atoms with E-state index >= 15 is 0 Å². The molecule has 0 spiro atoms. The lowest BCUT2D eigenvalue weighted by atomic mass is 9.98. The maximum Gasteiger partial charge on any atom is 0.197 e. The van der Waals surface area contributed by atoms with Crippen LogP contribution in [-0.2, 0) is 0 Å². The molecule has 1 heterocycles. The Hall–Kier alpha value is -1.89. The number of hydrogen-bond acceptors (Lipinski definition) is 0. The molecule has 104 valence electrons. The second-order valence-corrected chi connectivity index (χ2v) is 5.20. The van der Waals surface area contributed by atoms with E-state index in [1.54, 1.807) is 0 Å². The number of rotatable bonds is 4. The van der Waals surface area contributed by atoms with Crippen LogP contribution in [0.25, 0.3) is 5.57 Å². The molecule has 20 heavy (non-hydrogen) atoms. The summed E-state index contributed by atoms with van der Waals surface area (Å²) in [4.78, 5) is 0. The van der Waals surface area contributed by atoms with Gasteiger partial charge in [-0.15, -0.1) is 0 Å². The van der Waals surface area contributed by atoms with Crippen LogP contribution < -0.4 is 0 Å². The van der Waals surface area contributed by atoms with Crippen molar-refractivity contribution >= 4 is 11.8 Å². The van der Waals surface area contributed by atoms with Crippen LogP contribution in [0.2, 0.25) is 0 Å². The largest absolute Gasteiger partial charge is 0.228 e. The second-order valence-electron chi connectivity index (χ2n) is 5.20. The van der Waals surface area contributed by atoms with Gasteiger partial charge in [0, 0.05) is 11.1 Å². The van der Waals surface area contributed by atoms with Crippen LogP contribution in [0, 0.1) is 0 Å². The van der Waals surface area contributed by atoms with E-state index in [0.717, 1.165) is 6.42 Å². The Morgan fingerprint density at radius 1 is 1.30 bits per heavy atom. The first-order valence-corrected chi connectivity index (χ1v) is 7.36. The predicted octanol–water partition coefficient (Wildman–Crippen LogP) is 4.77. The van der Waals surface area contributed by atoms with Crippen molar-refractivity contribution in [3.05, 3.63) is 65.3 Å². The van der Waals surface area contributed by atoms with Gasteiger partial charge < -0.3 is 0 Å². The normalized spacial score (nSPS) is 19.4. The predicted molar refractivity (Wildman–Crippen MR) is 88.3 cm³/mol. The molecular formula is C19H24N+. The van der Waals surface area contributed by atoms with Gasteiger partial charge in [-0.05, 0) is 43.5 Å². The molecule has 0 fully saturated rings. The minimum absolute atomic E-state index is 0.369. The van der Waals surface area contributed by atoms with E-state index in [1.807, 2.05) is 0 Å². The molecular weight excluding hydrogens is 242 g/mol. The second kappa shape index (κ2) is 6.51. The first-order valence-electron chi connectivity index (χ1n) is 7.36. The van der Waals surface area contributed by atoms with Gasteiger partial charge in [0.2, 0.25) is 0 Å². The van der Waals surface area contributed by atoms with Crippen molar-refractivity contribution in [2.45, 2.75) is 33.2 Å². The summed E-state index contributed by atoms with van der Waals surface area (Å²) < 4.78 is 2.29. The maximum absolute atomic E-state index is 2.37. The van der Waals surface area contributed by atoms with Crippen molar-refractivity contribution in [1.29, 1.82) is 0 Å². The van der Waals surface area contributed by atoms with Gasteiger partial charge in [0.15, 0.2) is 12.3 Å². The van der Waals surface area contributed by atoms with Crippen molar-refractivity contribution in [1.82, 2.24) is 0 Å². The highest BCUT2D eigenvalue weighted by atomic mass is 15.0. The Bertz CT molecular complexity index is 600. The first-order chi connectivity index (χ1) is 9.69. The molecule has 0 bridgehead atoms. The van der Waals surface area contributed by atoms with E-state index in [2.05, 4.69) is 87.2 Å². The summed E-state index contributed by atoms with van der Waals surface area (Å²) in [5.41, 5.74) is 5.34. The lowest BCUT2D eigenvalue weighted by Gasteiger charge is -2.09. The van der Waals surface area contributed by atoms with Gasteiger partial charge in [0.05, 0.1) is 0 Å². The number of allylic oxidation sites excluding steroid dienone is 5. The molecule has 0 radical (unpaired) electrons. The molecule has 0 saturated heterocycles. The molecule has 1 aromatic carbocycles. The van der Waals surface area contributed by atoms with E-state index < -0.39 is 0 Å². The monoisotopic (exact) mass is 266 g/mol. The molecule has 2 rings (SSSR count). The minimum Gasteiger partial charge on any atom is -0.228 e. The third-order valence-corrected chi connectivity index (χ3v) is 3.81. The Morgan fingerprint density at radius 3 is 2.70 bits per heavy atom. The number of likely N-dealkylation sites (N-methyl/N-ethyl adjacent to an activating group) is 1. The standard InChI is InChI=1S/C19H24N/c1-5-9-16(7-3)17-10-8-11-18(13-17)19-12-15(6-2)14-20(19)4/h5,7-14,19H,6H2,1-4H3/q+1/b9-5-,16-7+. The van der Waals surface area contributed by atoms with Crippen LogP contribution >= 0.6 is 0 Å². The highest BCUT2D eigenvalue weighted by molar-refractivity contribution is 5.77. The molecule has 1 aliphatic heterocycles. The zero-order valence-corrected chi connectivity index (χ0v) is 12.9. The Kier molecular flexibility index (Phi) is 4.73. The smallest absolute Gasteiger partial charge is 0.197 e. The van der Waals surface area contributed by atoms with Crippen molar-refractivity contribution in [3.8, 4) is 0 Å². The van der Waals surface area contributed by atoms with E-state index in [4.69, 9.17) is 0 Å². The quantitative estimate of drug-likeness (QED) is 0.545. The van der Waals surface area contributed by atoms with Gasteiger partial charge in [-0.3, -0.25) is 0 Å². The van der Waals surface area contributed by atoms with Gasteiger partial charge in [-0.1, -0.05) is 43.4 Å². The summed E-state index contributed by atoms with van der Waals surface area (Å²) in [6.45, 7) is 6.36. The fourth-order valence-electron chi connectivity index (χ4n) is 2.69. The molecule has 1 unspecified atom stereocenters. The average Bonchev–Trinajstić information content (AvgIpc) is 2.86. The summed E-state index contributed by atoms with van der Waals surface area (Å²) in [7, 11) is 2.15. The van der Waals surface area contributed by atoms with Gasteiger partial charge in [0.25, 0.3) is 0 Å². The zero-order valence-electron chi connectivity index (χ0n) is 12.9. The van der Waals surface area contributed by atoms with Crippen molar-refractivity contribution < 1.29 is 4.58 Å². The number of nitrogens with zero attached hydrogens (tertiary/aromatic N) is 1. The van der Waals surface area contributed by atoms with Crippen LogP contribution in [-0.4, -0.2) is 17.8 Å². The van der Waals surface area contributed by atoms with Crippen molar-refractivity contribution in [2.75, 3.05) is 7.05 Å². The van der Waals surface area contributed by atoms with E-state index in [0.29, 0.717) is 6.04 Å². The molecule has 0 N–H and O–H groups in total. The van der Waals surface area contributed by atoms with E-state index in [1.165, 1.54) is 22.3 Å². The fourth-order valence-corrected chi connectivity index (χ4v) is 2.69. The van der Waals surface area contributed by atoms with Crippen LogP contribution in [0.15, 0.2) is 54.1 Å².